The summed E-state index contributed by atoms with van der Waals surface area (Å²) in [5, 5.41) is 3.43. The van der Waals surface area contributed by atoms with Gasteiger partial charge in [0.2, 0.25) is 0 Å². The summed E-state index contributed by atoms with van der Waals surface area (Å²) in [7, 11) is 0. The van der Waals surface area contributed by atoms with Crippen LogP contribution in [0.15, 0.2) is 49.1 Å². The predicted octanol–water partition coefficient (Wildman–Crippen LogP) is 3.03. The number of nitrogens with one attached hydrogen (secondary N) is 1. The summed E-state index contributed by atoms with van der Waals surface area (Å²) < 4.78 is 5.72. The summed E-state index contributed by atoms with van der Waals surface area (Å²) in [6, 6.07) is 6.18. The Hall–Kier alpha value is -2.20. The highest BCUT2D eigenvalue weighted by Crippen LogP contribution is 2.20. The van der Waals surface area contributed by atoms with Crippen LogP contribution in [0.4, 0.5) is 0 Å². The van der Waals surface area contributed by atoms with Crippen LogP contribution >= 0.6 is 0 Å². The van der Waals surface area contributed by atoms with E-state index in [1.54, 1.807) is 18.6 Å². The van der Waals surface area contributed by atoms with Crippen LogP contribution < -0.4 is 10.1 Å². The normalized spacial score (nSPS) is 18.5. The Morgan fingerprint density at radius 3 is 2.95 bits per heavy atom. The molecule has 0 aromatic carbocycles. The topological polar surface area (TPSA) is 47.0 Å². The van der Waals surface area contributed by atoms with Gasteiger partial charge in [-0.15, -0.1) is 0 Å². The first-order chi connectivity index (χ1) is 9.90. The molecule has 102 valence electrons. The lowest BCUT2D eigenvalue weighted by atomic mass is 10.2. The summed E-state index contributed by atoms with van der Waals surface area (Å²) in [6.45, 7) is 1.11. The van der Waals surface area contributed by atoms with Crippen molar-refractivity contribution in [2.45, 2.75) is 18.9 Å². The van der Waals surface area contributed by atoms with Gasteiger partial charge in [0, 0.05) is 18.4 Å². The van der Waals surface area contributed by atoms with Gasteiger partial charge in [-0.3, -0.25) is 9.97 Å². The SMILES string of the molecule is C(=C[C@@H]1CCCN1)c1cncc(Oc2cccnc2)c1. The van der Waals surface area contributed by atoms with Crippen LogP contribution in [0.2, 0.25) is 0 Å². The molecule has 0 amide bonds. The van der Waals surface area contributed by atoms with Gasteiger partial charge in [0.05, 0.1) is 12.4 Å². The third kappa shape index (κ3) is 3.42. The number of hydrogen-bond acceptors (Lipinski definition) is 4. The fourth-order valence-corrected chi connectivity index (χ4v) is 2.23. The molecule has 2 aromatic rings. The van der Waals surface area contributed by atoms with Crippen molar-refractivity contribution in [3.63, 3.8) is 0 Å². The Balaban J connectivity index is 1.69. The summed E-state index contributed by atoms with van der Waals surface area (Å²) >= 11 is 0. The van der Waals surface area contributed by atoms with Gasteiger partial charge in [0.1, 0.15) is 11.5 Å². The van der Waals surface area contributed by atoms with Gasteiger partial charge in [0.15, 0.2) is 0 Å². The third-order valence-corrected chi connectivity index (χ3v) is 3.22. The number of aromatic nitrogens is 2. The maximum Gasteiger partial charge on any atom is 0.146 e. The number of pyridine rings is 2. The lowest BCUT2D eigenvalue weighted by Gasteiger charge is -2.05. The van der Waals surface area contributed by atoms with Gasteiger partial charge < -0.3 is 10.1 Å². The Kier molecular flexibility index (Phi) is 4.04. The summed E-state index contributed by atoms with van der Waals surface area (Å²) in [6.07, 6.45) is 13.7. The lowest BCUT2D eigenvalue weighted by molar-refractivity contribution is 0.478. The van der Waals surface area contributed by atoms with Crippen LogP contribution in [0.25, 0.3) is 6.08 Å². The first-order valence-corrected chi connectivity index (χ1v) is 6.85. The van der Waals surface area contributed by atoms with Crippen molar-refractivity contribution in [2.75, 3.05) is 6.54 Å². The zero-order valence-corrected chi connectivity index (χ0v) is 11.2. The largest absolute Gasteiger partial charge is 0.454 e. The van der Waals surface area contributed by atoms with E-state index in [1.165, 1.54) is 12.8 Å². The molecule has 0 bridgehead atoms. The van der Waals surface area contributed by atoms with E-state index in [-0.39, 0.29) is 0 Å². The quantitative estimate of drug-likeness (QED) is 0.925. The van der Waals surface area contributed by atoms with E-state index in [0.29, 0.717) is 11.8 Å². The van der Waals surface area contributed by atoms with Crippen LogP contribution in [-0.4, -0.2) is 22.6 Å². The summed E-state index contributed by atoms with van der Waals surface area (Å²) in [5.74, 6) is 1.44. The molecular formula is C16H17N3O. The molecule has 0 unspecified atom stereocenters. The van der Waals surface area contributed by atoms with Crippen LogP contribution in [-0.2, 0) is 0 Å². The monoisotopic (exact) mass is 267 g/mol. The maximum absolute atomic E-state index is 5.72. The number of ether oxygens (including phenoxy) is 1. The first-order valence-electron chi connectivity index (χ1n) is 6.85. The van der Waals surface area contributed by atoms with Gasteiger partial charge in [-0.25, -0.2) is 0 Å². The van der Waals surface area contributed by atoms with Gasteiger partial charge in [-0.2, -0.15) is 0 Å². The predicted molar refractivity (Wildman–Crippen MR) is 78.6 cm³/mol. The van der Waals surface area contributed by atoms with E-state index in [1.807, 2.05) is 24.4 Å². The maximum atomic E-state index is 5.72. The third-order valence-electron chi connectivity index (χ3n) is 3.22. The smallest absolute Gasteiger partial charge is 0.146 e. The highest BCUT2D eigenvalue weighted by molar-refractivity contribution is 5.51. The van der Waals surface area contributed by atoms with Crippen molar-refractivity contribution >= 4 is 6.08 Å². The summed E-state index contributed by atoms with van der Waals surface area (Å²) in [5.41, 5.74) is 1.04. The zero-order valence-electron chi connectivity index (χ0n) is 11.2. The average molecular weight is 267 g/mol. The van der Waals surface area contributed by atoms with Crippen molar-refractivity contribution in [2.24, 2.45) is 0 Å². The standard InChI is InChI=1S/C16H17N3O/c1-3-14(19-8-1)6-5-13-9-16(12-18-10-13)20-15-4-2-7-17-11-15/h2,4-7,9-12,14,19H,1,3,8H2/t14-/m0/s1. The van der Waals surface area contributed by atoms with Crippen molar-refractivity contribution in [1.82, 2.24) is 15.3 Å². The minimum atomic E-state index is 0.484. The van der Waals surface area contributed by atoms with Gasteiger partial charge in [0.25, 0.3) is 0 Å². The van der Waals surface area contributed by atoms with E-state index < -0.39 is 0 Å². The molecule has 0 radical (unpaired) electrons. The molecule has 1 saturated heterocycles. The van der Waals surface area contributed by atoms with Gasteiger partial charge >= 0.3 is 0 Å². The molecular weight excluding hydrogens is 250 g/mol. The van der Waals surface area contributed by atoms with Crippen molar-refractivity contribution < 1.29 is 4.74 Å². The average Bonchev–Trinajstić information content (AvgIpc) is 3.00. The molecule has 4 heteroatoms. The molecule has 0 saturated carbocycles. The van der Waals surface area contributed by atoms with E-state index >= 15 is 0 Å². The number of rotatable bonds is 4. The van der Waals surface area contributed by atoms with Crippen LogP contribution in [0.3, 0.4) is 0 Å². The highest BCUT2D eigenvalue weighted by atomic mass is 16.5. The Morgan fingerprint density at radius 1 is 1.20 bits per heavy atom. The molecule has 1 atom stereocenters. The molecule has 1 aliphatic heterocycles. The van der Waals surface area contributed by atoms with Crippen molar-refractivity contribution in [3.8, 4) is 11.5 Å². The van der Waals surface area contributed by atoms with E-state index in [9.17, 15) is 0 Å². The molecule has 1 N–H and O–H groups in total. The minimum absolute atomic E-state index is 0.484. The Bertz CT molecular complexity index is 577. The Labute approximate surface area is 118 Å². The van der Waals surface area contributed by atoms with E-state index in [2.05, 4.69) is 27.4 Å². The Morgan fingerprint density at radius 2 is 2.15 bits per heavy atom. The van der Waals surface area contributed by atoms with Crippen LogP contribution in [0.1, 0.15) is 18.4 Å². The fourth-order valence-electron chi connectivity index (χ4n) is 2.23. The second kappa shape index (κ2) is 6.30. The molecule has 20 heavy (non-hydrogen) atoms. The first kappa shape index (κ1) is 12.8. The minimum Gasteiger partial charge on any atom is -0.454 e. The molecule has 3 rings (SSSR count). The van der Waals surface area contributed by atoms with E-state index in [0.717, 1.165) is 17.9 Å². The second-order valence-corrected chi connectivity index (χ2v) is 4.81. The molecule has 3 heterocycles. The van der Waals surface area contributed by atoms with Gasteiger partial charge in [-0.05, 0) is 43.1 Å². The van der Waals surface area contributed by atoms with Crippen LogP contribution in [0, 0.1) is 0 Å². The number of nitrogens with zero attached hydrogens (tertiary/aromatic N) is 2. The molecule has 1 fully saturated rings. The molecule has 2 aromatic heterocycles. The number of hydrogen-bond donors (Lipinski definition) is 1. The fraction of sp³-hybridized carbons (Fsp3) is 0.250. The summed E-state index contributed by atoms with van der Waals surface area (Å²) in [4.78, 5) is 8.23. The molecule has 0 spiro atoms. The van der Waals surface area contributed by atoms with E-state index in [4.69, 9.17) is 4.74 Å². The highest BCUT2D eigenvalue weighted by Gasteiger charge is 2.09. The van der Waals surface area contributed by atoms with Gasteiger partial charge in [-0.1, -0.05) is 12.2 Å². The lowest BCUT2D eigenvalue weighted by Crippen LogP contribution is -2.17. The molecule has 0 aliphatic carbocycles. The van der Waals surface area contributed by atoms with Crippen molar-refractivity contribution in [1.29, 1.82) is 0 Å². The van der Waals surface area contributed by atoms with Crippen LogP contribution in [0.5, 0.6) is 11.5 Å². The molecule has 4 nitrogen and oxygen atoms in total. The zero-order chi connectivity index (χ0) is 13.6. The van der Waals surface area contributed by atoms with Crippen molar-refractivity contribution in [3.05, 3.63) is 54.6 Å². The molecule has 1 aliphatic rings. The second-order valence-electron chi connectivity index (χ2n) is 4.81.